The monoisotopic (exact) mass is 377 g/mol. The average Bonchev–Trinajstić information content (AvgIpc) is 3.25. The van der Waals surface area contributed by atoms with E-state index in [9.17, 15) is 4.79 Å². The molecule has 0 unspecified atom stereocenters. The van der Waals surface area contributed by atoms with Crippen molar-refractivity contribution in [3.8, 4) is 0 Å². The van der Waals surface area contributed by atoms with Gasteiger partial charge in [0.2, 0.25) is 5.91 Å². The Hall–Kier alpha value is -1.14. The summed E-state index contributed by atoms with van der Waals surface area (Å²) < 4.78 is 0. The Morgan fingerprint density at radius 1 is 1.36 bits per heavy atom. The van der Waals surface area contributed by atoms with Crippen LogP contribution in [0.4, 0.5) is 0 Å². The van der Waals surface area contributed by atoms with Gasteiger partial charge < -0.3 is 10.3 Å². The van der Waals surface area contributed by atoms with Crippen LogP contribution < -0.4 is 5.32 Å². The summed E-state index contributed by atoms with van der Waals surface area (Å²) in [5.41, 5.74) is 1.97. The predicted molar refractivity (Wildman–Crippen MR) is 109 cm³/mol. The van der Waals surface area contributed by atoms with Crippen LogP contribution in [0.3, 0.4) is 0 Å². The normalized spacial score (nSPS) is 18.8. The SMILES string of the molecule is CC(C)[C@H](NC(=O)CCCC[C@@H]1CCSS1)c1nc2ccccc2[nH]1. The zero-order valence-corrected chi connectivity index (χ0v) is 16.6. The standard InChI is InChI=1S/C19H27N3OS2/c1-13(2)18(19-20-15-8-4-5-9-16(15)21-19)22-17(23)10-6-3-7-14-11-12-24-25-14/h4-5,8-9,13-14,18H,3,6-7,10-12H2,1-2H3,(H,20,21)(H,22,23)/t14-,18+/m1/s1. The maximum Gasteiger partial charge on any atom is 0.220 e. The van der Waals surface area contributed by atoms with Gasteiger partial charge in [0, 0.05) is 17.4 Å². The minimum absolute atomic E-state index is 0.0679. The van der Waals surface area contributed by atoms with Gasteiger partial charge in [-0.05, 0) is 37.3 Å². The van der Waals surface area contributed by atoms with Crippen LogP contribution in [0.15, 0.2) is 24.3 Å². The maximum absolute atomic E-state index is 12.4. The van der Waals surface area contributed by atoms with Crippen molar-refractivity contribution >= 4 is 38.5 Å². The summed E-state index contributed by atoms with van der Waals surface area (Å²) in [6, 6.07) is 7.92. The molecular formula is C19H27N3OS2. The lowest BCUT2D eigenvalue weighted by Crippen LogP contribution is -2.32. The largest absolute Gasteiger partial charge is 0.346 e. The summed E-state index contributed by atoms with van der Waals surface area (Å²) >= 11 is 0. The molecule has 1 saturated heterocycles. The number of nitrogens with zero attached hydrogens (tertiary/aromatic N) is 1. The van der Waals surface area contributed by atoms with Gasteiger partial charge in [-0.1, -0.05) is 54.0 Å². The van der Waals surface area contributed by atoms with E-state index in [1.54, 1.807) is 0 Å². The number of nitrogens with one attached hydrogen (secondary N) is 2. The van der Waals surface area contributed by atoms with E-state index in [2.05, 4.69) is 29.1 Å². The Morgan fingerprint density at radius 2 is 2.20 bits per heavy atom. The molecule has 0 aliphatic carbocycles. The molecule has 2 N–H and O–H groups in total. The molecular weight excluding hydrogens is 350 g/mol. The molecule has 1 aromatic carbocycles. The topological polar surface area (TPSA) is 57.8 Å². The third-order valence-corrected chi connectivity index (χ3v) is 7.60. The summed E-state index contributed by atoms with van der Waals surface area (Å²) in [6.07, 6.45) is 5.28. The first kappa shape index (κ1) is 18.6. The number of unbranched alkanes of at least 4 members (excludes halogenated alkanes) is 1. The summed E-state index contributed by atoms with van der Waals surface area (Å²) in [7, 11) is 4.00. The average molecular weight is 378 g/mol. The van der Waals surface area contributed by atoms with Gasteiger partial charge in [0.25, 0.3) is 0 Å². The van der Waals surface area contributed by atoms with Gasteiger partial charge in [-0.3, -0.25) is 4.79 Å². The lowest BCUT2D eigenvalue weighted by Gasteiger charge is -2.20. The Kier molecular flexibility index (Phi) is 6.70. The first-order valence-corrected chi connectivity index (χ1v) is 11.5. The number of hydrogen-bond acceptors (Lipinski definition) is 4. The van der Waals surface area contributed by atoms with Gasteiger partial charge in [-0.2, -0.15) is 0 Å². The Balaban J connectivity index is 1.51. The van der Waals surface area contributed by atoms with E-state index >= 15 is 0 Å². The predicted octanol–water partition coefficient (Wildman–Crippen LogP) is 5.09. The summed E-state index contributed by atoms with van der Waals surface area (Å²) in [5, 5.41) is 3.98. The summed E-state index contributed by atoms with van der Waals surface area (Å²) in [6.45, 7) is 4.24. The molecule has 1 aliphatic rings. The molecule has 0 saturated carbocycles. The third kappa shape index (κ3) is 5.17. The lowest BCUT2D eigenvalue weighted by molar-refractivity contribution is -0.122. The number of hydrogen-bond donors (Lipinski definition) is 2. The molecule has 0 spiro atoms. The van der Waals surface area contributed by atoms with Crippen molar-refractivity contribution < 1.29 is 4.79 Å². The highest BCUT2D eigenvalue weighted by Gasteiger charge is 2.22. The Bertz CT molecular complexity index is 662. The lowest BCUT2D eigenvalue weighted by atomic mass is 10.0. The second kappa shape index (κ2) is 8.99. The number of H-pyrrole nitrogens is 1. The number of amides is 1. The molecule has 136 valence electrons. The molecule has 25 heavy (non-hydrogen) atoms. The molecule has 4 nitrogen and oxygen atoms in total. The van der Waals surface area contributed by atoms with Crippen molar-refractivity contribution in [2.24, 2.45) is 5.92 Å². The molecule has 2 atom stereocenters. The van der Waals surface area contributed by atoms with E-state index in [0.717, 1.165) is 34.9 Å². The Morgan fingerprint density at radius 3 is 2.92 bits per heavy atom. The number of fused-ring (bicyclic) bond motifs is 1. The van der Waals surface area contributed by atoms with E-state index in [1.165, 1.54) is 18.6 Å². The zero-order valence-electron chi connectivity index (χ0n) is 15.0. The molecule has 1 aromatic heterocycles. The second-order valence-corrected chi connectivity index (χ2v) is 9.79. The fourth-order valence-electron chi connectivity index (χ4n) is 3.14. The molecule has 0 radical (unpaired) electrons. The molecule has 6 heteroatoms. The third-order valence-electron chi connectivity index (χ3n) is 4.59. The van der Waals surface area contributed by atoms with Crippen LogP contribution in [0, 0.1) is 5.92 Å². The molecule has 2 heterocycles. The van der Waals surface area contributed by atoms with Crippen LogP contribution >= 0.6 is 21.6 Å². The van der Waals surface area contributed by atoms with Crippen molar-refractivity contribution in [2.75, 3.05) is 5.75 Å². The van der Waals surface area contributed by atoms with Gasteiger partial charge in [0.1, 0.15) is 5.82 Å². The fraction of sp³-hybridized carbons (Fsp3) is 0.579. The van der Waals surface area contributed by atoms with Gasteiger partial charge in [-0.15, -0.1) is 0 Å². The van der Waals surface area contributed by atoms with E-state index in [-0.39, 0.29) is 17.9 Å². The first-order valence-electron chi connectivity index (χ1n) is 9.16. The van der Waals surface area contributed by atoms with Crippen LogP contribution in [0.2, 0.25) is 0 Å². The number of carbonyl (C=O) groups excluding carboxylic acids is 1. The number of benzene rings is 1. The molecule has 1 amide bonds. The fourth-order valence-corrected chi connectivity index (χ4v) is 6.17. The minimum Gasteiger partial charge on any atom is -0.346 e. The maximum atomic E-state index is 12.4. The van der Waals surface area contributed by atoms with Crippen molar-refractivity contribution in [1.82, 2.24) is 15.3 Å². The minimum atomic E-state index is -0.0679. The summed E-state index contributed by atoms with van der Waals surface area (Å²) in [4.78, 5) is 20.4. The van der Waals surface area contributed by atoms with Crippen molar-refractivity contribution in [3.05, 3.63) is 30.1 Å². The summed E-state index contributed by atoms with van der Waals surface area (Å²) in [5.74, 6) is 2.55. The van der Waals surface area contributed by atoms with Crippen LogP contribution in [0.25, 0.3) is 11.0 Å². The molecule has 2 aromatic rings. The van der Waals surface area contributed by atoms with Crippen LogP contribution in [0.5, 0.6) is 0 Å². The molecule has 1 fully saturated rings. The number of para-hydroxylation sites is 2. The second-order valence-electron chi connectivity index (χ2n) is 7.00. The molecule has 1 aliphatic heterocycles. The number of aromatic amines is 1. The quantitative estimate of drug-likeness (QED) is 0.497. The van der Waals surface area contributed by atoms with Crippen LogP contribution in [-0.2, 0) is 4.79 Å². The highest BCUT2D eigenvalue weighted by atomic mass is 33.1. The van der Waals surface area contributed by atoms with Crippen LogP contribution in [-0.4, -0.2) is 26.9 Å². The van der Waals surface area contributed by atoms with E-state index in [0.29, 0.717) is 6.42 Å². The van der Waals surface area contributed by atoms with Crippen molar-refractivity contribution in [1.29, 1.82) is 0 Å². The highest BCUT2D eigenvalue weighted by Crippen LogP contribution is 2.39. The smallest absolute Gasteiger partial charge is 0.220 e. The van der Waals surface area contributed by atoms with Gasteiger partial charge in [-0.25, -0.2) is 4.98 Å². The number of carbonyl (C=O) groups is 1. The zero-order chi connectivity index (χ0) is 17.6. The number of imidazole rings is 1. The van der Waals surface area contributed by atoms with E-state index < -0.39 is 0 Å². The Labute approximate surface area is 157 Å². The highest BCUT2D eigenvalue weighted by molar-refractivity contribution is 8.77. The van der Waals surface area contributed by atoms with Crippen molar-refractivity contribution in [2.45, 2.75) is 57.2 Å². The molecule has 0 bridgehead atoms. The number of aromatic nitrogens is 2. The van der Waals surface area contributed by atoms with Gasteiger partial charge in [0.05, 0.1) is 17.1 Å². The van der Waals surface area contributed by atoms with Crippen LogP contribution in [0.1, 0.15) is 57.8 Å². The van der Waals surface area contributed by atoms with Gasteiger partial charge >= 0.3 is 0 Å². The van der Waals surface area contributed by atoms with E-state index in [1.807, 2.05) is 45.9 Å². The van der Waals surface area contributed by atoms with Gasteiger partial charge in [0.15, 0.2) is 0 Å². The van der Waals surface area contributed by atoms with E-state index in [4.69, 9.17) is 0 Å². The first-order chi connectivity index (χ1) is 12.1. The van der Waals surface area contributed by atoms with Crippen molar-refractivity contribution in [3.63, 3.8) is 0 Å². The molecule has 3 rings (SSSR count). The number of rotatable bonds is 8.